The van der Waals surface area contributed by atoms with Crippen LogP contribution in [-0.2, 0) is 42.2 Å². The zero-order chi connectivity index (χ0) is 52.7. The monoisotopic (exact) mass is 1030 g/mol. The van der Waals surface area contributed by atoms with Crippen molar-refractivity contribution in [3.8, 4) is 0 Å². The fourth-order valence-corrected chi connectivity index (χ4v) is 8.65. The van der Waals surface area contributed by atoms with E-state index < -0.39 is 57.8 Å². The maximum atomic E-state index is 12.9. The first kappa shape index (κ1) is 69.2. The minimum atomic E-state index is -4.75. The van der Waals surface area contributed by atoms with E-state index in [1.54, 1.807) is 0 Å². The summed E-state index contributed by atoms with van der Waals surface area (Å²) >= 11 is 0. The summed E-state index contributed by atoms with van der Waals surface area (Å²) in [4.78, 5) is 48.5. The van der Waals surface area contributed by atoms with E-state index in [-0.39, 0.29) is 25.9 Å². The van der Waals surface area contributed by atoms with Crippen molar-refractivity contribution in [1.82, 2.24) is 0 Å². The Hall–Kier alpha value is -2.82. The van der Waals surface area contributed by atoms with Gasteiger partial charge in [0.05, 0.1) is 19.8 Å². The van der Waals surface area contributed by atoms with E-state index in [0.29, 0.717) is 19.3 Å². The SMILES string of the molecule is CCCC/C=C\CCCCCCCC(=O)OC(CO)COP(=O)(O)OCC(COC(=O)CCCCCCC/C=C\CCCCCCCC)OC(=O)CCCCCCCC/C=C\C/C=C\C/C=C\CCCCC. The summed E-state index contributed by atoms with van der Waals surface area (Å²) in [5.74, 6) is -1.49. The Morgan fingerprint density at radius 2 is 0.694 bits per heavy atom. The van der Waals surface area contributed by atoms with Crippen molar-refractivity contribution in [3.63, 3.8) is 0 Å². The Balaban J connectivity index is 4.76. The smallest absolute Gasteiger partial charge is 0.462 e. The highest BCUT2D eigenvalue weighted by Gasteiger charge is 2.28. The molecular formula is C60H107O11P. The number of ether oxygens (including phenoxy) is 3. The largest absolute Gasteiger partial charge is 0.472 e. The van der Waals surface area contributed by atoms with Crippen molar-refractivity contribution in [2.45, 2.75) is 277 Å². The minimum absolute atomic E-state index is 0.151. The molecule has 0 fully saturated rings. The lowest BCUT2D eigenvalue weighted by molar-refractivity contribution is -0.161. The fraction of sp³-hybridized carbons (Fsp3) is 0.783. The predicted molar refractivity (Wildman–Crippen MR) is 298 cm³/mol. The molecule has 0 heterocycles. The summed E-state index contributed by atoms with van der Waals surface area (Å²) in [6.07, 6.45) is 58.9. The Morgan fingerprint density at radius 1 is 0.389 bits per heavy atom. The van der Waals surface area contributed by atoms with Gasteiger partial charge in [-0.1, -0.05) is 204 Å². The Labute approximate surface area is 440 Å². The third-order valence-corrected chi connectivity index (χ3v) is 13.3. The molecule has 0 aliphatic heterocycles. The van der Waals surface area contributed by atoms with Gasteiger partial charge in [0.1, 0.15) is 12.7 Å². The maximum Gasteiger partial charge on any atom is 0.472 e. The molecule has 0 aromatic heterocycles. The standard InChI is InChI=1S/C60H107O11P/c1-4-7-10-13-16-19-22-24-26-27-28-29-31-33-36-39-42-45-48-51-60(64)71-57(53-67-58(62)49-46-43-40-37-35-32-30-25-23-20-17-14-11-8-5-2)55-69-72(65,66)68-54-56(52-61)70-59(63)50-47-44-41-38-34-21-18-15-12-9-6-3/h15-16,18-19,24-26,28-30,56-57,61H,4-14,17,20-23,27,31-55H2,1-3H3,(H,65,66)/b18-15-,19-16-,26-24-,29-28-,30-25-. The second-order valence-corrected chi connectivity index (χ2v) is 20.9. The van der Waals surface area contributed by atoms with Gasteiger partial charge < -0.3 is 24.2 Å². The molecule has 418 valence electrons. The van der Waals surface area contributed by atoms with Crippen LogP contribution in [0.1, 0.15) is 265 Å². The van der Waals surface area contributed by atoms with Crippen LogP contribution in [0.15, 0.2) is 60.8 Å². The molecule has 11 nitrogen and oxygen atoms in total. The number of rotatable bonds is 54. The second kappa shape index (κ2) is 54.4. The summed E-state index contributed by atoms with van der Waals surface area (Å²) in [6.45, 7) is 4.55. The molecule has 0 saturated heterocycles. The van der Waals surface area contributed by atoms with Gasteiger partial charge in [-0.25, -0.2) is 4.57 Å². The third kappa shape index (κ3) is 52.1. The molecule has 0 aliphatic carbocycles. The van der Waals surface area contributed by atoms with Crippen molar-refractivity contribution < 1.29 is 52.2 Å². The number of carbonyl (C=O) groups is 3. The van der Waals surface area contributed by atoms with Gasteiger partial charge in [0.25, 0.3) is 0 Å². The van der Waals surface area contributed by atoms with Crippen LogP contribution in [0.25, 0.3) is 0 Å². The number of hydrogen-bond acceptors (Lipinski definition) is 10. The molecule has 12 heteroatoms. The number of aliphatic hydroxyl groups is 1. The molecule has 0 amide bonds. The lowest BCUT2D eigenvalue weighted by atomic mass is 10.1. The predicted octanol–water partition coefficient (Wildman–Crippen LogP) is 17.1. The van der Waals surface area contributed by atoms with Crippen LogP contribution in [0.3, 0.4) is 0 Å². The lowest BCUT2D eigenvalue weighted by Gasteiger charge is -2.21. The topological polar surface area (TPSA) is 155 Å². The summed E-state index contributed by atoms with van der Waals surface area (Å²) in [5, 5.41) is 9.79. The summed E-state index contributed by atoms with van der Waals surface area (Å²) in [5.41, 5.74) is 0. The molecule has 0 aliphatic rings. The van der Waals surface area contributed by atoms with Crippen LogP contribution in [-0.4, -0.2) is 66.5 Å². The van der Waals surface area contributed by atoms with Crippen molar-refractivity contribution in [3.05, 3.63) is 60.8 Å². The van der Waals surface area contributed by atoms with Crippen LogP contribution in [0.4, 0.5) is 0 Å². The van der Waals surface area contributed by atoms with E-state index in [4.69, 9.17) is 23.3 Å². The average molecular weight is 1040 g/mol. The number of hydrogen-bond donors (Lipinski definition) is 2. The first-order chi connectivity index (χ1) is 35.2. The van der Waals surface area contributed by atoms with E-state index in [9.17, 15) is 28.9 Å². The molecule has 0 saturated carbocycles. The summed E-state index contributed by atoms with van der Waals surface area (Å²) in [6, 6.07) is 0. The Morgan fingerprint density at radius 3 is 1.12 bits per heavy atom. The summed E-state index contributed by atoms with van der Waals surface area (Å²) in [7, 11) is -4.75. The zero-order valence-electron chi connectivity index (χ0n) is 46.1. The van der Waals surface area contributed by atoms with Crippen LogP contribution in [0.2, 0.25) is 0 Å². The molecule has 0 spiro atoms. The van der Waals surface area contributed by atoms with Gasteiger partial charge in [-0.3, -0.25) is 23.4 Å². The van der Waals surface area contributed by atoms with Crippen LogP contribution >= 0.6 is 7.82 Å². The minimum Gasteiger partial charge on any atom is -0.462 e. The molecule has 3 unspecified atom stereocenters. The van der Waals surface area contributed by atoms with Crippen LogP contribution < -0.4 is 0 Å². The molecule has 3 atom stereocenters. The quantitative estimate of drug-likeness (QED) is 0.0197. The van der Waals surface area contributed by atoms with Crippen LogP contribution in [0, 0.1) is 0 Å². The molecule has 0 aromatic carbocycles. The van der Waals surface area contributed by atoms with E-state index in [1.807, 2.05) is 0 Å². The Bertz CT molecular complexity index is 1440. The first-order valence-corrected chi connectivity index (χ1v) is 30.7. The van der Waals surface area contributed by atoms with Crippen molar-refractivity contribution in [2.24, 2.45) is 0 Å². The van der Waals surface area contributed by atoms with Crippen molar-refractivity contribution >= 4 is 25.7 Å². The molecule has 0 bridgehead atoms. The van der Waals surface area contributed by atoms with E-state index in [2.05, 4.69) is 81.5 Å². The third-order valence-electron chi connectivity index (χ3n) is 12.4. The van der Waals surface area contributed by atoms with E-state index in [1.165, 1.54) is 77.0 Å². The van der Waals surface area contributed by atoms with Gasteiger partial charge in [0.2, 0.25) is 0 Å². The molecule has 2 N–H and O–H groups in total. The van der Waals surface area contributed by atoms with Gasteiger partial charge in [-0.15, -0.1) is 0 Å². The molecule has 0 radical (unpaired) electrons. The van der Waals surface area contributed by atoms with Gasteiger partial charge in [0.15, 0.2) is 6.10 Å². The molecule has 0 rings (SSSR count). The molecule has 72 heavy (non-hydrogen) atoms. The van der Waals surface area contributed by atoms with E-state index >= 15 is 0 Å². The number of aliphatic hydroxyl groups excluding tert-OH is 1. The second-order valence-electron chi connectivity index (χ2n) is 19.4. The van der Waals surface area contributed by atoms with Crippen molar-refractivity contribution in [2.75, 3.05) is 26.4 Å². The normalized spacial score (nSPS) is 13.8. The highest BCUT2D eigenvalue weighted by molar-refractivity contribution is 7.47. The average Bonchev–Trinajstić information content (AvgIpc) is 3.37. The number of allylic oxidation sites excluding steroid dienone is 10. The number of unbranched alkanes of at least 4 members (excludes halogenated alkanes) is 27. The number of phosphoric ester groups is 1. The van der Waals surface area contributed by atoms with Gasteiger partial charge in [-0.2, -0.15) is 0 Å². The Kier molecular flexibility index (Phi) is 52.3. The molecule has 0 aromatic rings. The number of esters is 3. The summed E-state index contributed by atoms with van der Waals surface area (Å²) < 4.78 is 39.5. The first-order valence-electron chi connectivity index (χ1n) is 29.2. The fourth-order valence-electron chi connectivity index (χ4n) is 7.87. The number of phosphoric acid groups is 1. The zero-order valence-corrected chi connectivity index (χ0v) is 47.0. The molecular weight excluding hydrogens is 928 g/mol. The van der Waals surface area contributed by atoms with Gasteiger partial charge in [0, 0.05) is 19.3 Å². The maximum absolute atomic E-state index is 12.9. The highest BCUT2D eigenvalue weighted by atomic mass is 31.2. The highest BCUT2D eigenvalue weighted by Crippen LogP contribution is 2.43. The van der Waals surface area contributed by atoms with Crippen LogP contribution in [0.5, 0.6) is 0 Å². The van der Waals surface area contributed by atoms with Gasteiger partial charge >= 0.3 is 25.7 Å². The number of carbonyl (C=O) groups excluding carboxylic acids is 3. The van der Waals surface area contributed by atoms with Crippen molar-refractivity contribution in [1.29, 1.82) is 0 Å². The van der Waals surface area contributed by atoms with E-state index in [0.717, 1.165) is 128 Å². The lowest BCUT2D eigenvalue weighted by Crippen LogP contribution is -2.30. The van der Waals surface area contributed by atoms with Gasteiger partial charge in [-0.05, 0) is 103 Å².